The summed E-state index contributed by atoms with van der Waals surface area (Å²) >= 11 is 3.55. The molecule has 3 aromatic rings. The molecule has 2 N–H and O–H groups in total. The van der Waals surface area contributed by atoms with Crippen LogP contribution in [-0.4, -0.2) is 24.1 Å². The number of nitrogens with one attached hydrogen (secondary N) is 2. The molecule has 0 saturated carbocycles. The molecule has 1 aromatic heterocycles. The maximum Gasteiger partial charge on any atom is 0.229 e. The van der Waals surface area contributed by atoms with E-state index in [0.29, 0.717) is 5.95 Å². The molecular formula is C19H20BrN5. The molecule has 0 fully saturated rings. The Hall–Kier alpha value is -2.60. The summed E-state index contributed by atoms with van der Waals surface area (Å²) in [5.74, 6) is 1.28. The van der Waals surface area contributed by atoms with Crippen molar-refractivity contribution >= 4 is 44.8 Å². The topological polar surface area (TPSA) is 53.1 Å². The predicted octanol–water partition coefficient (Wildman–Crippen LogP) is 5.10. The number of halogens is 1. The van der Waals surface area contributed by atoms with E-state index in [1.165, 1.54) is 5.56 Å². The maximum absolute atomic E-state index is 4.51. The van der Waals surface area contributed by atoms with Gasteiger partial charge in [0.1, 0.15) is 5.82 Å². The minimum Gasteiger partial charge on any atom is -0.378 e. The summed E-state index contributed by atoms with van der Waals surface area (Å²) in [5, 5.41) is 6.52. The Morgan fingerprint density at radius 2 is 1.64 bits per heavy atom. The number of anilines is 5. The Morgan fingerprint density at radius 3 is 2.32 bits per heavy atom. The average Bonchev–Trinajstić information content (AvgIpc) is 2.59. The predicted molar refractivity (Wildman–Crippen MR) is 108 cm³/mol. The molecule has 0 aliphatic carbocycles. The van der Waals surface area contributed by atoms with E-state index < -0.39 is 0 Å². The van der Waals surface area contributed by atoms with E-state index in [0.717, 1.165) is 27.4 Å². The summed E-state index contributed by atoms with van der Waals surface area (Å²) in [6, 6.07) is 16.1. The normalized spacial score (nSPS) is 10.4. The highest BCUT2D eigenvalue weighted by atomic mass is 79.9. The van der Waals surface area contributed by atoms with Gasteiger partial charge in [-0.1, -0.05) is 22.0 Å². The zero-order valence-corrected chi connectivity index (χ0v) is 16.0. The molecule has 0 amide bonds. The number of nitrogens with zero attached hydrogens (tertiary/aromatic N) is 3. The molecule has 0 bridgehead atoms. The SMILES string of the molecule is Cc1ccc(Nc2ccnc(Nc3ccc(N(C)C)cc3)n2)cc1Br. The zero-order chi connectivity index (χ0) is 17.8. The van der Waals surface area contributed by atoms with Crippen molar-refractivity contribution in [2.24, 2.45) is 0 Å². The van der Waals surface area contributed by atoms with Crippen molar-refractivity contribution in [3.63, 3.8) is 0 Å². The van der Waals surface area contributed by atoms with Gasteiger partial charge >= 0.3 is 0 Å². The second-order valence-electron chi connectivity index (χ2n) is 5.92. The molecule has 0 aliphatic heterocycles. The van der Waals surface area contributed by atoms with Gasteiger partial charge in [0.05, 0.1) is 0 Å². The lowest BCUT2D eigenvalue weighted by atomic mass is 10.2. The number of rotatable bonds is 5. The third-order valence-electron chi connectivity index (χ3n) is 3.74. The van der Waals surface area contributed by atoms with Gasteiger partial charge in [-0.2, -0.15) is 4.98 Å². The maximum atomic E-state index is 4.51. The first-order chi connectivity index (χ1) is 12.0. The van der Waals surface area contributed by atoms with Gasteiger partial charge in [-0.3, -0.25) is 0 Å². The average molecular weight is 398 g/mol. The molecule has 0 unspecified atom stereocenters. The Labute approximate surface area is 156 Å². The Morgan fingerprint density at radius 1 is 0.920 bits per heavy atom. The van der Waals surface area contributed by atoms with Crippen LogP contribution in [0.25, 0.3) is 0 Å². The molecule has 0 spiro atoms. The van der Waals surface area contributed by atoms with Crippen molar-refractivity contribution in [3.05, 3.63) is 64.8 Å². The fourth-order valence-electron chi connectivity index (χ4n) is 2.28. The largest absolute Gasteiger partial charge is 0.378 e. The number of aromatic nitrogens is 2. The fourth-order valence-corrected chi connectivity index (χ4v) is 2.66. The summed E-state index contributed by atoms with van der Waals surface area (Å²) in [5.41, 5.74) is 4.25. The first kappa shape index (κ1) is 17.2. The van der Waals surface area contributed by atoms with Gasteiger partial charge in [-0.05, 0) is 55.0 Å². The van der Waals surface area contributed by atoms with E-state index in [1.807, 2.05) is 56.6 Å². The Balaban J connectivity index is 1.73. The van der Waals surface area contributed by atoms with Crippen molar-refractivity contribution in [2.45, 2.75) is 6.92 Å². The van der Waals surface area contributed by atoms with Crippen LogP contribution in [-0.2, 0) is 0 Å². The van der Waals surface area contributed by atoms with E-state index >= 15 is 0 Å². The van der Waals surface area contributed by atoms with Gasteiger partial charge in [0.25, 0.3) is 0 Å². The molecule has 0 saturated heterocycles. The van der Waals surface area contributed by atoms with Crippen LogP contribution in [0, 0.1) is 6.92 Å². The van der Waals surface area contributed by atoms with Crippen LogP contribution in [0.2, 0.25) is 0 Å². The minimum atomic E-state index is 0.550. The number of hydrogen-bond donors (Lipinski definition) is 2. The van der Waals surface area contributed by atoms with Gasteiger partial charge in [0.2, 0.25) is 5.95 Å². The van der Waals surface area contributed by atoms with Crippen LogP contribution in [0.3, 0.4) is 0 Å². The Kier molecular flexibility index (Phi) is 5.19. The van der Waals surface area contributed by atoms with E-state index in [-0.39, 0.29) is 0 Å². The van der Waals surface area contributed by atoms with Gasteiger partial charge in [-0.25, -0.2) is 4.98 Å². The van der Waals surface area contributed by atoms with E-state index in [2.05, 4.69) is 54.4 Å². The summed E-state index contributed by atoms with van der Waals surface area (Å²) in [7, 11) is 4.04. The third-order valence-corrected chi connectivity index (χ3v) is 4.59. The van der Waals surface area contributed by atoms with Gasteiger partial charge < -0.3 is 15.5 Å². The summed E-state index contributed by atoms with van der Waals surface area (Å²) in [4.78, 5) is 10.9. The quantitative estimate of drug-likeness (QED) is 0.626. The van der Waals surface area contributed by atoms with Crippen molar-refractivity contribution in [1.82, 2.24) is 9.97 Å². The molecule has 0 aliphatic rings. The van der Waals surface area contributed by atoms with Gasteiger partial charge in [0.15, 0.2) is 0 Å². The standard InChI is InChI=1S/C19H20BrN5/c1-13-4-5-15(12-17(13)20)22-18-10-11-21-19(24-18)23-14-6-8-16(9-7-14)25(2)3/h4-12H,1-3H3,(H2,21,22,23,24). The minimum absolute atomic E-state index is 0.550. The van der Waals surface area contributed by atoms with Crippen molar-refractivity contribution < 1.29 is 0 Å². The first-order valence-electron chi connectivity index (χ1n) is 7.92. The van der Waals surface area contributed by atoms with Crippen molar-refractivity contribution in [3.8, 4) is 0 Å². The monoisotopic (exact) mass is 397 g/mol. The van der Waals surface area contributed by atoms with E-state index in [4.69, 9.17) is 0 Å². The molecule has 0 radical (unpaired) electrons. The third kappa shape index (κ3) is 4.48. The van der Waals surface area contributed by atoms with Crippen molar-refractivity contribution in [2.75, 3.05) is 29.6 Å². The molecule has 6 heteroatoms. The number of benzene rings is 2. The zero-order valence-electron chi connectivity index (χ0n) is 14.4. The van der Waals surface area contributed by atoms with Crippen LogP contribution >= 0.6 is 15.9 Å². The van der Waals surface area contributed by atoms with Gasteiger partial charge in [-0.15, -0.1) is 0 Å². The molecule has 2 aromatic carbocycles. The molecule has 128 valence electrons. The van der Waals surface area contributed by atoms with Crippen LogP contribution in [0.15, 0.2) is 59.2 Å². The lowest BCUT2D eigenvalue weighted by Gasteiger charge is -2.13. The highest BCUT2D eigenvalue weighted by molar-refractivity contribution is 9.10. The second kappa shape index (κ2) is 7.53. The molecule has 0 atom stereocenters. The summed E-state index contributed by atoms with van der Waals surface area (Å²) in [6.45, 7) is 2.06. The van der Waals surface area contributed by atoms with Crippen LogP contribution < -0.4 is 15.5 Å². The fraction of sp³-hybridized carbons (Fsp3) is 0.158. The number of hydrogen-bond acceptors (Lipinski definition) is 5. The van der Waals surface area contributed by atoms with Gasteiger partial charge in [0, 0.05) is 41.8 Å². The highest BCUT2D eigenvalue weighted by Gasteiger charge is 2.03. The van der Waals surface area contributed by atoms with Crippen LogP contribution in [0.1, 0.15) is 5.56 Å². The molecule has 25 heavy (non-hydrogen) atoms. The lowest BCUT2D eigenvalue weighted by Crippen LogP contribution is -2.08. The smallest absolute Gasteiger partial charge is 0.229 e. The highest BCUT2D eigenvalue weighted by Crippen LogP contribution is 2.24. The molecule has 5 nitrogen and oxygen atoms in total. The Bertz CT molecular complexity index is 862. The lowest BCUT2D eigenvalue weighted by molar-refractivity contribution is 1.13. The van der Waals surface area contributed by atoms with Crippen LogP contribution in [0.5, 0.6) is 0 Å². The second-order valence-corrected chi connectivity index (χ2v) is 6.78. The van der Waals surface area contributed by atoms with Crippen LogP contribution in [0.4, 0.5) is 28.8 Å². The van der Waals surface area contributed by atoms with Crippen molar-refractivity contribution in [1.29, 1.82) is 0 Å². The number of aryl methyl sites for hydroxylation is 1. The summed E-state index contributed by atoms with van der Waals surface area (Å²) in [6.07, 6.45) is 1.73. The molecule has 3 rings (SSSR count). The van der Waals surface area contributed by atoms with E-state index in [1.54, 1.807) is 6.20 Å². The first-order valence-corrected chi connectivity index (χ1v) is 8.71. The molecule has 1 heterocycles. The summed E-state index contributed by atoms with van der Waals surface area (Å²) < 4.78 is 1.06. The molecular weight excluding hydrogens is 378 g/mol. The van der Waals surface area contributed by atoms with E-state index in [9.17, 15) is 0 Å².